The molecule has 1 aromatic carbocycles. The smallest absolute Gasteiger partial charge is 0.287 e. The zero-order valence-electron chi connectivity index (χ0n) is 12.9. The molecule has 1 aliphatic rings. The normalized spacial score (nSPS) is 14.2. The largest absolute Gasteiger partial charge is 0.340 e. The topological polar surface area (TPSA) is 100 Å². The third kappa shape index (κ3) is 3.66. The van der Waals surface area contributed by atoms with Gasteiger partial charge in [0.2, 0.25) is 0 Å². The fourth-order valence-electron chi connectivity index (χ4n) is 2.50. The van der Waals surface area contributed by atoms with Gasteiger partial charge in [0, 0.05) is 43.5 Å². The fourth-order valence-corrected chi connectivity index (χ4v) is 2.50. The number of anilines is 2. The van der Waals surface area contributed by atoms with Crippen molar-refractivity contribution in [1.82, 2.24) is 15.2 Å². The number of amides is 1. The van der Waals surface area contributed by atoms with E-state index in [9.17, 15) is 14.9 Å². The van der Waals surface area contributed by atoms with Gasteiger partial charge in [0.1, 0.15) is 12.0 Å². The van der Waals surface area contributed by atoms with Gasteiger partial charge in [-0.15, -0.1) is 0 Å². The van der Waals surface area contributed by atoms with Gasteiger partial charge >= 0.3 is 0 Å². The molecule has 1 fully saturated rings. The summed E-state index contributed by atoms with van der Waals surface area (Å²) in [5, 5.41) is 16.9. The Labute approximate surface area is 138 Å². The Morgan fingerprint density at radius 2 is 2.04 bits per heavy atom. The van der Waals surface area contributed by atoms with Crippen LogP contribution in [0.5, 0.6) is 0 Å². The lowest BCUT2D eigenvalue weighted by Gasteiger charge is -2.27. The second-order valence-electron chi connectivity index (χ2n) is 5.41. The van der Waals surface area contributed by atoms with Gasteiger partial charge in [-0.25, -0.2) is 4.98 Å². The molecule has 8 nitrogen and oxygen atoms in total. The van der Waals surface area contributed by atoms with Crippen molar-refractivity contribution in [3.8, 4) is 0 Å². The summed E-state index contributed by atoms with van der Waals surface area (Å²) in [4.78, 5) is 28.5. The maximum absolute atomic E-state index is 12.5. The number of rotatable bonds is 4. The molecular formula is C16H17N5O3. The molecule has 2 heterocycles. The van der Waals surface area contributed by atoms with E-state index in [1.807, 2.05) is 11.0 Å². The van der Waals surface area contributed by atoms with Crippen molar-refractivity contribution in [3.63, 3.8) is 0 Å². The van der Waals surface area contributed by atoms with E-state index in [1.165, 1.54) is 18.3 Å². The lowest BCUT2D eigenvalue weighted by atomic mass is 10.1. The predicted molar refractivity (Wildman–Crippen MR) is 89.4 cm³/mol. The highest BCUT2D eigenvalue weighted by Crippen LogP contribution is 2.19. The molecule has 2 N–H and O–H groups in total. The van der Waals surface area contributed by atoms with Gasteiger partial charge in [-0.05, 0) is 24.3 Å². The molecule has 1 aromatic heterocycles. The molecule has 24 heavy (non-hydrogen) atoms. The van der Waals surface area contributed by atoms with Crippen LogP contribution >= 0.6 is 0 Å². The summed E-state index contributed by atoms with van der Waals surface area (Å²) in [5.41, 5.74) is 1.24. The first-order valence-corrected chi connectivity index (χ1v) is 7.61. The molecular weight excluding hydrogens is 310 g/mol. The lowest BCUT2D eigenvalue weighted by molar-refractivity contribution is -0.385. The molecule has 0 unspecified atom stereocenters. The maximum atomic E-state index is 12.5. The van der Waals surface area contributed by atoms with E-state index in [0.717, 1.165) is 13.1 Å². The molecule has 8 heteroatoms. The number of aromatic nitrogens is 1. The number of hydrogen-bond donors (Lipinski definition) is 2. The summed E-state index contributed by atoms with van der Waals surface area (Å²) in [5.74, 6) is 0.476. The Morgan fingerprint density at radius 3 is 2.71 bits per heavy atom. The summed E-state index contributed by atoms with van der Waals surface area (Å²) in [7, 11) is 0. The SMILES string of the molecule is O=C(c1cccc(Nc2ccc([N+](=O)[O-])cn2)c1)N1CCNCC1. The second-order valence-corrected chi connectivity index (χ2v) is 5.41. The first kappa shape index (κ1) is 15.9. The van der Waals surface area contributed by atoms with E-state index in [0.29, 0.717) is 30.2 Å². The van der Waals surface area contributed by atoms with Crippen LogP contribution in [0.25, 0.3) is 0 Å². The van der Waals surface area contributed by atoms with Crippen molar-refractivity contribution in [3.05, 3.63) is 58.3 Å². The average molecular weight is 327 g/mol. The Morgan fingerprint density at radius 1 is 1.25 bits per heavy atom. The zero-order valence-corrected chi connectivity index (χ0v) is 12.9. The Bertz CT molecular complexity index is 742. The third-order valence-corrected chi connectivity index (χ3v) is 3.74. The van der Waals surface area contributed by atoms with E-state index >= 15 is 0 Å². The quantitative estimate of drug-likeness (QED) is 0.656. The van der Waals surface area contributed by atoms with Gasteiger partial charge in [-0.1, -0.05) is 6.07 Å². The van der Waals surface area contributed by atoms with Gasteiger partial charge in [0.25, 0.3) is 11.6 Å². The molecule has 3 rings (SSSR count). The number of benzene rings is 1. The molecule has 0 saturated carbocycles. The Kier molecular flexibility index (Phi) is 4.66. The summed E-state index contributed by atoms with van der Waals surface area (Å²) in [6.45, 7) is 2.99. The van der Waals surface area contributed by atoms with Crippen molar-refractivity contribution >= 4 is 23.1 Å². The highest BCUT2D eigenvalue weighted by Gasteiger charge is 2.18. The summed E-state index contributed by atoms with van der Waals surface area (Å²) in [6, 6.07) is 10.1. The summed E-state index contributed by atoms with van der Waals surface area (Å²) >= 11 is 0. The molecule has 1 saturated heterocycles. The highest BCUT2D eigenvalue weighted by atomic mass is 16.6. The third-order valence-electron chi connectivity index (χ3n) is 3.74. The molecule has 0 atom stereocenters. The van der Waals surface area contributed by atoms with Crippen molar-refractivity contribution in [2.45, 2.75) is 0 Å². The number of nitro groups is 1. The number of piperazine rings is 1. The average Bonchev–Trinajstić information content (AvgIpc) is 2.62. The van der Waals surface area contributed by atoms with Crippen LogP contribution in [0.1, 0.15) is 10.4 Å². The molecule has 1 aliphatic heterocycles. The van der Waals surface area contributed by atoms with E-state index in [1.54, 1.807) is 18.2 Å². The minimum Gasteiger partial charge on any atom is -0.340 e. The summed E-state index contributed by atoms with van der Waals surface area (Å²) in [6.07, 6.45) is 1.19. The fraction of sp³-hybridized carbons (Fsp3) is 0.250. The van der Waals surface area contributed by atoms with Crippen LogP contribution in [0.15, 0.2) is 42.6 Å². The van der Waals surface area contributed by atoms with Crippen LogP contribution in [-0.4, -0.2) is 46.9 Å². The Hall–Kier alpha value is -3.00. The number of nitrogens with one attached hydrogen (secondary N) is 2. The van der Waals surface area contributed by atoms with Crippen molar-refractivity contribution < 1.29 is 9.72 Å². The number of carbonyl (C=O) groups is 1. The van der Waals surface area contributed by atoms with Crippen LogP contribution in [0, 0.1) is 10.1 Å². The second kappa shape index (κ2) is 7.05. The highest BCUT2D eigenvalue weighted by molar-refractivity contribution is 5.95. The van der Waals surface area contributed by atoms with Crippen molar-refractivity contribution in [1.29, 1.82) is 0 Å². The first-order valence-electron chi connectivity index (χ1n) is 7.61. The standard InChI is InChI=1S/C16H17N5O3/c22-16(20-8-6-17-7-9-20)12-2-1-3-13(10-12)19-15-5-4-14(11-18-15)21(23)24/h1-5,10-11,17H,6-9H2,(H,18,19). The van der Waals surface area contributed by atoms with Gasteiger partial charge in [-0.2, -0.15) is 0 Å². The molecule has 0 bridgehead atoms. The number of nitrogens with zero attached hydrogens (tertiary/aromatic N) is 3. The molecule has 0 aliphatic carbocycles. The van der Waals surface area contributed by atoms with Crippen LogP contribution in [0.3, 0.4) is 0 Å². The van der Waals surface area contributed by atoms with E-state index in [-0.39, 0.29) is 11.6 Å². The number of pyridine rings is 1. The van der Waals surface area contributed by atoms with Gasteiger partial charge in [0.05, 0.1) is 4.92 Å². The first-order chi connectivity index (χ1) is 11.6. The summed E-state index contributed by atoms with van der Waals surface area (Å²) < 4.78 is 0. The van der Waals surface area contributed by atoms with Crippen LogP contribution in [0.4, 0.5) is 17.2 Å². The zero-order chi connectivity index (χ0) is 16.9. The lowest BCUT2D eigenvalue weighted by Crippen LogP contribution is -2.46. The van der Waals surface area contributed by atoms with E-state index < -0.39 is 4.92 Å². The Balaban J connectivity index is 1.72. The van der Waals surface area contributed by atoms with Crippen molar-refractivity contribution in [2.75, 3.05) is 31.5 Å². The van der Waals surface area contributed by atoms with Crippen molar-refractivity contribution in [2.24, 2.45) is 0 Å². The molecule has 0 spiro atoms. The number of carbonyl (C=O) groups excluding carboxylic acids is 1. The molecule has 0 radical (unpaired) electrons. The predicted octanol–water partition coefficient (Wildman–Crippen LogP) is 1.78. The van der Waals surface area contributed by atoms with E-state index in [4.69, 9.17) is 0 Å². The molecule has 2 aromatic rings. The van der Waals surface area contributed by atoms with Crippen LogP contribution < -0.4 is 10.6 Å². The molecule has 124 valence electrons. The molecule has 1 amide bonds. The van der Waals surface area contributed by atoms with E-state index in [2.05, 4.69) is 15.6 Å². The monoisotopic (exact) mass is 327 g/mol. The van der Waals surface area contributed by atoms with Gasteiger partial charge < -0.3 is 15.5 Å². The van der Waals surface area contributed by atoms with Gasteiger partial charge in [0.15, 0.2) is 0 Å². The minimum absolute atomic E-state index is 0.00295. The van der Waals surface area contributed by atoms with Crippen LogP contribution in [0.2, 0.25) is 0 Å². The minimum atomic E-state index is -0.496. The maximum Gasteiger partial charge on any atom is 0.287 e. The van der Waals surface area contributed by atoms with Gasteiger partial charge in [-0.3, -0.25) is 14.9 Å². The van der Waals surface area contributed by atoms with Crippen LogP contribution in [-0.2, 0) is 0 Å². The number of hydrogen-bond acceptors (Lipinski definition) is 6.